The second-order valence-electron chi connectivity index (χ2n) is 4.96. The quantitative estimate of drug-likeness (QED) is 0.490. The van der Waals surface area contributed by atoms with Crippen LogP contribution in [0.4, 0.5) is 5.69 Å². The first-order chi connectivity index (χ1) is 11.6. The van der Waals surface area contributed by atoms with Crippen molar-refractivity contribution in [1.29, 1.82) is 0 Å². The lowest BCUT2D eigenvalue weighted by Crippen LogP contribution is -2.27. The van der Waals surface area contributed by atoms with Gasteiger partial charge in [-0.15, -0.1) is 5.10 Å². The van der Waals surface area contributed by atoms with Crippen molar-refractivity contribution < 1.29 is 4.79 Å². The third-order valence-corrected chi connectivity index (χ3v) is 5.72. The summed E-state index contributed by atoms with van der Waals surface area (Å²) in [6.45, 7) is 0. The molecule has 0 radical (unpaired) electrons. The van der Waals surface area contributed by atoms with E-state index in [-0.39, 0.29) is 5.91 Å². The summed E-state index contributed by atoms with van der Waals surface area (Å²) >= 11 is 8.20. The maximum Gasteiger partial charge on any atom is 0.237 e. The molecule has 0 fully saturated rings. The molecule has 0 saturated carbocycles. The number of thioether (sulfide) groups is 1. The number of amides is 1. The molecular formula is C17H15N3OS3. The first-order valence-electron chi connectivity index (χ1n) is 7.25. The van der Waals surface area contributed by atoms with Crippen molar-refractivity contribution >= 4 is 46.9 Å². The van der Waals surface area contributed by atoms with E-state index in [1.54, 1.807) is 16.6 Å². The van der Waals surface area contributed by atoms with E-state index in [4.69, 9.17) is 12.2 Å². The van der Waals surface area contributed by atoms with Crippen molar-refractivity contribution in [2.75, 3.05) is 17.7 Å². The van der Waals surface area contributed by atoms with E-state index in [9.17, 15) is 4.79 Å². The summed E-state index contributed by atoms with van der Waals surface area (Å²) in [6, 6.07) is 19.3. The maximum atomic E-state index is 12.3. The summed E-state index contributed by atoms with van der Waals surface area (Å²) in [7, 11) is 1.78. The molecule has 0 bridgehead atoms. The van der Waals surface area contributed by atoms with Gasteiger partial charge in [0.1, 0.15) is 0 Å². The maximum absolute atomic E-state index is 12.3. The Morgan fingerprint density at radius 3 is 2.46 bits per heavy atom. The minimum atomic E-state index is 0.0265. The van der Waals surface area contributed by atoms with Crippen LogP contribution in [0.15, 0.2) is 65.0 Å². The SMILES string of the molecule is CN(C(=O)CSc1nn(-c2ccccc2)c(=S)s1)c1ccccc1. The molecule has 1 heterocycles. The van der Waals surface area contributed by atoms with Gasteiger partial charge in [-0.05, 0) is 36.5 Å². The smallest absolute Gasteiger partial charge is 0.237 e. The van der Waals surface area contributed by atoms with Crippen molar-refractivity contribution in [2.45, 2.75) is 4.34 Å². The molecule has 3 aromatic rings. The molecule has 0 aliphatic heterocycles. The topological polar surface area (TPSA) is 38.1 Å². The van der Waals surface area contributed by atoms with Gasteiger partial charge < -0.3 is 4.90 Å². The van der Waals surface area contributed by atoms with Gasteiger partial charge in [0.2, 0.25) is 5.91 Å². The highest BCUT2D eigenvalue weighted by molar-refractivity contribution is 8.01. The van der Waals surface area contributed by atoms with Gasteiger partial charge in [-0.25, -0.2) is 4.68 Å². The highest BCUT2D eigenvalue weighted by Gasteiger charge is 2.13. The first-order valence-corrected chi connectivity index (χ1v) is 9.46. The standard InChI is InChI=1S/C17H15N3OS3/c1-19(13-8-4-2-5-9-13)15(21)12-23-16-18-20(17(22)24-16)14-10-6-3-7-11-14/h2-11H,12H2,1H3. The van der Waals surface area contributed by atoms with Crippen LogP contribution in [0.2, 0.25) is 0 Å². The van der Waals surface area contributed by atoms with Gasteiger partial charge in [0.15, 0.2) is 8.29 Å². The molecule has 0 aliphatic rings. The number of nitrogens with zero attached hydrogens (tertiary/aromatic N) is 3. The Hall–Kier alpha value is -1.96. The molecule has 0 spiro atoms. The monoisotopic (exact) mass is 373 g/mol. The molecule has 0 aliphatic carbocycles. The predicted octanol–water partition coefficient (Wildman–Crippen LogP) is 4.42. The largest absolute Gasteiger partial charge is 0.315 e. The first kappa shape index (κ1) is 16.9. The fraction of sp³-hybridized carbons (Fsp3) is 0.118. The minimum Gasteiger partial charge on any atom is -0.315 e. The number of carbonyl (C=O) groups excluding carboxylic acids is 1. The second-order valence-corrected chi connectivity index (χ2v) is 7.80. The summed E-state index contributed by atoms with van der Waals surface area (Å²) < 4.78 is 3.19. The second kappa shape index (κ2) is 7.74. The third kappa shape index (κ3) is 3.92. The Kier molecular flexibility index (Phi) is 5.44. The van der Waals surface area contributed by atoms with Crippen LogP contribution in [-0.2, 0) is 4.79 Å². The van der Waals surface area contributed by atoms with Crippen molar-refractivity contribution in [3.8, 4) is 5.69 Å². The zero-order valence-corrected chi connectivity index (χ0v) is 15.4. The zero-order valence-electron chi connectivity index (χ0n) is 13.0. The zero-order chi connectivity index (χ0) is 16.9. The Bertz CT molecular complexity index is 875. The molecule has 7 heteroatoms. The van der Waals surface area contributed by atoms with E-state index < -0.39 is 0 Å². The number of anilines is 1. The Labute approximate surface area is 153 Å². The van der Waals surface area contributed by atoms with Crippen LogP contribution < -0.4 is 4.90 Å². The van der Waals surface area contributed by atoms with E-state index in [0.29, 0.717) is 9.71 Å². The van der Waals surface area contributed by atoms with Gasteiger partial charge in [-0.2, -0.15) is 0 Å². The molecule has 1 aromatic heterocycles. The average molecular weight is 374 g/mol. The number of benzene rings is 2. The molecule has 24 heavy (non-hydrogen) atoms. The highest BCUT2D eigenvalue weighted by atomic mass is 32.2. The van der Waals surface area contributed by atoms with Gasteiger partial charge in [-0.1, -0.05) is 59.5 Å². The molecule has 4 nitrogen and oxygen atoms in total. The van der Waals surface area contributed by atoms with Crippen LogP contribution in [0.3, 0.4) is 0 Å². The molecular weight excluding hydrogens is 358 g/mol. The molecule has 2 aromatic carbocycles. The van der Waals surface area contributed by atoms with E-state index in [2.05, 4.69) is 5.10 Å². The summed E-state index contributed by atoms with van der Waals surface area (Å²) in [5.74, 6) is 0.348. The number of rotatable bonds is 5. The fourth-order valence-electron chi connectivity index (χ4n) is 2.07. The summed E-state index contributed by atoms with van der Waals surface area (Å²) in [4.78, 5) is 14.0. The average Bonchev–Trinajstić information content (AvgIpc) is 3.01. The number of para-hydroxylation sites is 2. The molecule has 122 valence electrons. The molecule has 0 N–H and O–H groups in total. The van der Waals surface area contributed by atoms with Gasteiger partial charge in [0, 0.05) is 12.7 Å². The van der Waals surface area contributed by atoms with E-state index in [1.807, 2.05) is 60.7 Å². The number of hydrogen-bond acceptors (Lipinski definition) is 5. The number of aromatic nitrogens is 2. The Morgan fingerprint density at radius 2 is 1.79 bits per heavy atom. The van der Waals surface area contributed by atoms with E-state index in [0.717, 1.165) is 15.7 Å². The number of hydrogen-bond donors (Lipinski definition) is 0. The lowest BCUT2D eigenvalue weighted by molar-refractivity contribution is -0.115. The summed E-state index contributed by atoms with van der Waals surface area (Å²) in [5.41, 5.74) is 1.81. The van der Waals surface area contributed by atoms with Gasteiger partial charge in [0.05, 0.1) is 11.4 Å². The van der Waals surface area contributed by atoms with Crippen LogP contribution in [0.25, 0.3) is 5.69 Å². The Balaban J connectivity index is 1.67. The van der Waals surface area contributed by atoms with E-state index in [1.165, 1.54) is 23.1 Å². The normalized spacial score (nSPS) is 10.5. The van der Waals surface area contributed by atoms with Crippen molar-refractivity contribution in [3.63, 3.8) is 0 Å². The lowest BCUT2D eigenvalue weighted by Gasteiger charge is -2.16. The predicted molar refractivity (Wildman–Crippen MR) is 103 cm³/mol. The number of carbonyl (C=O) groups is 1. The van der Waals surface area contributed by atoms with Gasteiger partial charge >= 0.3 is 0 Å². The van der Waals surface area contributed by atoms with Crippen molar-refractivity contribution in [3.05, 3.63) is 64.6 Å². The minimum absolute atomic E-state index is 0.0265. The van der Waals surface area contributed by atoms with Gasteiger partial charge in [0.25, 0.3) is 0 Å². The highest BCUT2D eigenvalue weighted by Crippen LogP contribution is 2.25. The molecule has 0 unspecified atom stereocenters. The van der Waals surface area contributed by atoms with Crippen LogP contribution >= 0.6 is 35.3 Å². The van der Waals surface area contributed by atoms with Gasteiger partial charge in [-0.3, -0.25) is 4.79 Å². The lowest BCUT2D eigenvalue weighted by atomic mass is 10.3. The summed E-state index contributed by atoms with van der Waals surface area (Å²) in [6.07, 6.45) is 0. The van der Waals surface area contributed by atoms with E-state index >= 15 is 0 Å². The van der Waals surface area contributed by atoms with Crippen LogP contribution in [0.5, 0.6) is 0 Å². The molecule has 0 saturated heterocycles. The van der Waals surface area contributed by atoms with Crippen molar-refractivity contribution in [1.82, 2.24) is 9.78 Å². The molecule has 1 amide bonds. The Morgan fingerprint density at radius 1 is 1.17 bits per heavy atom. The molecule has 0 atom stereocenters. The third-order valence-electron chi connectivity index (χ3n) is 3.37. The molecule has 3 rings (SSSR count). The van der Waals surface area contributed by atoms with Crippen molar-refractivity contribution in [2.24, 2.45) is 0 Å². The van der Waals surface area contributed by atoms with Crippen LogP contribution in [0, 0.1) is 3.95 Å². The fourth-order valence-corrected chi connectivity index (χ4v) is 4.34. The van der Waals surface area contributed by atoms with Crippen LogP contribution in [0.1, 0.15) is 0 Å². The summed E-state index contributed by atoms with van der Waals surface area (Å²) in [5, 5.41) is 4.51. The van der Waals surface area contributed by atoms with Crippen LogP contribution in [-0.4, -0.2) is 28.5 Å².